The van der Waals surface area contributed by atoms with Gasteiger partial charge >= 0.3 is 0 Å². The predicted octanol–water partition coefficient (Wildman–Crippen LogP) is 4.84. The van der Waals surface area contributed by atoms with Crippen LogP contribution in [-0.4, -0.2) is 20.5 Å². The third-order valence-electron chi connectivity index (χ3n) is 3.07. The number of carbonyl (C=O) groups excluding carboxylic acids is 1. The summed E-state index contributed by atoms with van der Waals surface area (Å²) in [6.07, 6.45) is 6.65. The lowest BCUT2D eigenvalue weighted by molar-refractivity contribution is -0.111. The molecule has 24 heavy (non-hydrogen) atoms. The van der Waals surface area contributed by atoms with Crippen molar-refractivity contribution in [2.24, 2.45) is 0 Å². The van der Waals surface area contributed by atoms with E-state index in [9.17, 15) is 4.79 Å². The van der Waals surface area contributed by atoms with E-state index in [-0.39, 0.29) is 11.9 Å². The second kappa shape index (κ2) is 7.17. The van der Waals surface area contributed by atoms with Gasteiger partial charge in [-0.25, -0.2) is 4.52 Å². The molecule has 1 N–H and O–H groups in total. The molecule has 0 fully saturated rings. The van der Waals surface area contributed by atoms with Crippen molar-refractivity contribution in [3.8, 4) is 11.3 Å². The highest BCUT2D eigenvalue weighted by atomic mass is 35.5. The number of aromatic nitrogens is 3. The Labute approximate surface area is 152 Å². The second-order valence-electron chi connectivity index (χ2n) is 4.75. The molecule has 0 radical (unpaired) electrons. The minimum absolute atomic E-state index is 0.239. The average molecular weight is 379 g/mol. The van der Waals surface area contributed by atoms with E-state index in [1.54, 1.807) is 28.8 Å². The molecule has 3 aromatic rings. The molecule has 0 atom stereocenters. The number of nitrogens with one attached hydrogen (secondary N) is 1. The van der Waals surface area contributed by atoms with Crippen molar-refractivity contribution in [3.63, 3.8) is 0 Å². The van der Waals surface area contributed by atoms with Crippen LogP contribution in [0.25, 0.3) is 16.2 Å². The third-order valence-corrected chi connectivity index (χ3v) is 4.44. The molecule has 2 heterocycles. The van der Waals surface area contributed by atoms with Gasteiger partial charge in [-0.05, 0) is 25.1 Å². The first-order chi connectivity index (χ1) is 11.6. The van der Waals surface area contributed by atoms with Gasteiger partial charge in [0.1, 0.15) is 0 Å². The Morgan fingerprint density at radius 2 is 2.17 bits per heavy atom. The Morgan fingerprint density at radius 1 is 1.33 bits per heavy atom. The number of anilines is 1. The van der Waals surface area contributed by atoms with E-state index >= 15 is 0 Å². The van der Waals surface area contributed by atoms with E-state index in [4.69, 9.17) is 23.2 Å². The minimum atomic E-state index is -0.294. The molecule has 1 amide bonds. The second-order valence-corrected chi connectivity index (χ2v) is 6.43. The summed E-state index contributed by atoms with van der Waals surface area (Å²) in [5, 5.41) is 9.94. The van der Waals surface area contributed by atoms with Crippen LogP contribution >= 0.6 is 34.5 Å². The van der Waals surface area contributed by atoms with E-state index < -0.39 is 0 Å². The quantitative estimate of drug-likeness (QED) is 0.522. The monoisotopic (exact) mass is 378 g/mol. The fourth-order valence-corrected chi connectivity index (χ4v) is 3.35. The molecule has 0 bridgehead atoms. The molecule has 0 unspecified atom stereocenters. The van der Waals surface area contributed by atoms with Crippen LogP contribution in [0.5, 0.6) is 0 Å². The van der Waals surface area contributed by atoms with Gasteiger partial charge in [0.15, 0.2) is 0 Å². The highest BCUT2D eigenvalue weighted by Crippen LogP contribution is 2.32. The van der Waals surface area contributed by atoms with Crippen molar-refractivity contribution in [2.75, 3.05) is 5.32 Å². The first-order valence-electron chi connectivity index (χ1n) is 6.98. The minimum Gasteiger partial charge on any atom is -0.290 e. The number of nitrogens with zero attached hydrogens (tertiary/aromatic N) is 3. The molecular formula is C16H12Cl2N4OS. The Hall–Kier alpha value is -2.15. The van der Waals surface area contributed by atoms with Gasteiger partial charge in [0.25, 0.3) is 11.9 Å². The van der Waals surface area contributed by atoms with Crippen molar-refractivity contribution in [1.82, 2.24) is 14.6 Å². The van der Waals surface area contributed by atoms with Crippen molar-refractivity contribution in [2.45, 2.75) is 6.92 Å². The van der Waals surface area contributed by atoms with E-state index in [1.165, 1.54) is 17.4 Å². The SMILES string of the molecule is C/C=C/C=C/C(=O)Nc1nc2scc(-c3ccc(Cl)cc3Cl)n2n1. The summed E-state index contributed by atoms with van der Waals surface area (Å²) >= 11 is 13.6. The molecular weight excluding hydrogens is 367 g/mol. The number of allylic oxidation sites excluding steroid dienone is 3. The predicted molar refractivity (Wildman–Crippen MR) is 98.9 cm³/mol. The zero-order chi connectivity index (χ0) is 17.1. The summed E-state index contributed by atoms with van der Waals surface area (Å²) in [6.45, 7) is 1.87. The van der Waals surface area contributed by atoms with E-state index in [0.717, 1.165) is 11.3 Å². The van der Waals surface area contributed by atoms with Gasteiger partial charge in [-0.1, -0.05) is 41.4 Å². The van der Waals surface area contributed by atoms with Gasteiger partial charge in [-0.2, -0.15) is 4.98 Å². The van der Waals surface area contributed by atoms with Crippen LogP contribution < -0.4 is 5.32 Å². The molecule has 0 aliphatic heterocycles. The lowest BCUT2D eigenvalue weighted by atomic mass is 10.2. The zero-order valence-electron chi connectivity index (χ0n) is 12.5. The maximum Gasteiger partial charge on any atom is 0.250 e. The van der Waals surface area contributed by atoms with Crippen molar-refractivity contribution in [3.05, 3.63) is 57.9 Å². The Bertz CT molecular complexity index is 958. The van der Waals surface area contributed by atoms with Crippen LogP contribution in [-0.2, 0) is 4.79 Å². The highest BCUT2D eigenvalue weighted by Gasteiger charge is 2.14. The van der Waals surface area contributed by atoms with E-state index in [2.05, 4.69) is 15.4 Å². The van der Waals surface area contributed by atoms with Crippen LogP contribution in [0.15, 0.2) is 47.9 Å². The smallest absolute Gasteiger partial charge is 0.250 e. The standard InChI is InChI=1S/C16H12Cl2N4OS/c1-2-3-4-5-14(23)19-15-20-16-22(21-15)13(9-24-16)11-7-6-10(17)8-12(11)18/h2-9H,1H3,(H,19,21,23)/b3-2+,5-4+. The molecule has 0 saturated carbocycles. The van der Waals surface area contributed by atoms with Gasteiger partial charge < -0.3 is 0 Å². The van der Waals surface area contributed by atoms with Crippen molar-refractivity contribution < 1.29 is 4.79 Å². The number of amides is 1. The Balaban J connectivity index is 1.90. The molecule has 8 heteroatoms. The molecule has 122 valence electrons. The molecule has 0 spiro atoms. The molecule has 2 aromatic heterocycles. The summed E-state index contributed by atoms with van der Waals surface area (Å²) in [6, 6.07) is 5.26. The number of hydrogen-bond acceptors (Lipinski definition) is 4. The number of benzene rings is 1. The number of fused-ring (bicyclic) bond motifs is 1. The van der Waals surface area contributed by atoms with Gasteiger partial charge in [-0.15, -0.1) is 16.4 Å². The highest BCUT2D eigenvalue weighted by molar-refractivity contribution is 7.15. The first kappa shape index (κ1) is 16.7. The zero-order valence-corrected chi connectivity index (χ0v) is 14.9. The molecule has 1 aromatic carbocycles. The summed E-state index contributed by atoms with van der Waals surface area (Å²) < 4.78 is 1.64. The average Bonchev–Trinajstić information content (AvgIpc) is 3.08. The lowest BCUT2D eigenvalue weighted by Crippen LogP contribution is -2.09. The number of carbonyl (C=O) groups is 1. The summed E-state index contributed by atoms with van der Waals surface area (Å²) in [5.41, 5.74) is 1.58. The van der Waals surface area contributed by atoms with Gasteiger partial charge in [-0.3, -0.25) is 10.1 Å². The van der Waals surface area contributed by atoms with Gasteiger partial charge in [0, 0.05) is 22.0 Å². The van der Waals surface area contributed by atoms with Crippen molar-refractivity contribution in [1.29, 1.82) is 0 Å². The number of halogens is 2. The van der Waals surface area contributed by atoms with Crippen LogP contribution in [0, 0.1) is 0 Å². The topological polar surface area (TPSA) is 59.3 Å². The van der Waals surface area contributed by atoms with Gasteiger partial charge in [0.2, 0.25) is 4.96 Å². The summed E-state index contributed by atoms with van der Waals surface area (Å²) in [4.78, 5) is 16.7. The van der Waals surface area contributed by atoms with Crippen molar-refractivity contribution >= 4 is 51.4 Å². The van der Waals surface area contributed by atoms with Crippen LogP contribution in [0.4, 0.5) is 5.95 Å². The first-order valence-corrected chi connectivity index (χ1v) is 8.62. The van der Waals surface area contributed by atoms with Gasteiger partial charge in [0.05, 0.1) is 10.7 Å². The maximum absolute atomic E-state index is 11.8. The third kappa shape index (κ3) is 3.51. The molecule has 0 aliphatic rings. The summed E-state index contributed by atoms with van der Waals surface area (Å²) in [5.74, 6) is -0.0549. The van der Waals surface area contributed by atoms with Crippen LogP contribution in [0.1, 0.15) is 6.92 Å². The van der Waals surface area contributed by atoms with E-state index in [0.29, 0.717) is 15.0 Å². The molecule has 0 saturated heterocycles. The Morgan fingerprint density at radius 3 is 2.92 bits per heavy atom. The number of thiazole rings is 1. The lowest BCUT2D eigenvalue weighted by Gasteiger charge is -2.02. The number of hydrogen-bond donors (Lipinski definition) is 1. The maximum atomic E-state index is 11.8. The van der Waals surface area contributed by atoms with E-state index in [1.807, 2.05) is 24.4 Å². The van der Waals surface area contributed by atoms with Crippen LogP contribution in [0.2, 0.25) is 10.0 Å². The largest absolute Gasteiger partial charge is 0.290 e. The molecule has 3 rings (SSSR count). The molecule has 5 nitrogen and oxygen atoms in total. The molecule has 0 aliphatic carbocycles. The Kier molecular flexibility index (Phi) is 4.99. The fourth-order valence-electron chi connectivity index (χ4n) is 2.02. The normalized spacial score (nSPS) is 11.8. The fraction of sp³-hybridized carbons (Fsp3) is 0.0625. The van der Waals surface area contributed by atoms with Crippen LogP contribution in [0.3, 0.4) is 0 Å². The summed E-state index contributed by atoms with van der Waals surface area (Å²) in [7, 11) is 0. The number of rotatable bonds is 4.